The quantitative estimate of drug-likeness (QED) is 0.587. The number of fused-ring (bicyclic) bond motifs is 1. The van der Waals surface area contributed by atoms with E-state index in [-0.39, 0.29) is 26.3 Å². The number of carbonyl (C=O) groups is 2. The van der Waals surface area contributed by atoms with Crippen LogP contribution in [-0.2, 0) is 9.59 Å². The molecule has 1 atom stereocenters. The summed E-state index contributed by atoms with van der Waals surface area (Å²) >= 11 is 0. The van der Waals surface area contributed by atoms with Gasteiger partial charge in [0.2, 0.25) is 11.8 Å². The van der Waals surface area contributed by atoms with Gasteiger partial charge < -0.3 is 20.1 Å². The average molecular weight is 475 g/mol. The van der Waals surface area contributed by atoms with Crippen molar-refractivity contribution in [2.24, 2.45) is 5.92 Å². The van der Waals surface area contributed by atoms with Gasteiger partial charge in [-0.25, -0.2) is 15.0 Å². The Balaban J connectivity index is 0.00000289. The lowest BCUT2D eigenvalue weighted by Crippen LogP contribution is -2.61. The third-order valence-electron chi connectivity index (χ3n) is 6.01. The maximum absolute atomic E-state index is 12.8. The molecule has 34 heavy (non-hydrogen) atoms. The maximum atomic E-state index is 12.8. The highest BCUT2D eigenvalue weighted by molar-refractivity contribution is 5.92. The van der Waals surface area contributed by atoms with Crippen molar-refractivity contribution >= 4 is 28.7 Å². The number of aromatic amines is 1. The fourth-order valence-corrected chi connectivity index (χ4v) is 4.16. The Kier molecular flexibility index (Phi) is 5.58. The number of piperazine rings is 1. The Morgan fingerprint density at radius 2 is 2.00 bits per heavy atom. The topological polar surface area (TPSA) is 107 Å². The molecule has 1 aliphatic carbocycles. The fourth-order valence-electron chi connectivity index (χ4n) is 4.16. The molecule has 0 aromatic carbocycles. The highest BCUT2D eigenvalue weighted by Crippen LogP contribution is 2.32. The molecule has 0 unspecified atom stereocenters. The largest absolute Gasteiger partial charge is 0.405 e. The molecular weight excluding hydrogens is 451 g/mol. The molecule has 0 spiro atoms. The highest BCUT2D eigenvalue weighted by Gasteiger charge is 2.40. The van der Waals surface area contributed by atoms with Crippen molar-refractivity contribution in [3.8, 4) is 11.4 Å². The second kappa shape index (κ2) is 8.58. The van der Waals surface area contributed by atoms with Crippen molar-refractivity contribution in [1.82, 2.24) is 30.2 Å². The van der Waals surface area contributed by atoms with E-state index in [2.05, 4.69) is 19.9 Å². The Morgan fingerprint density at radius 3 is 2.76 bits per heavy atom. The lowest BCUT2D eigenvalue weighted by Gasteiger charge is -2.41. The molecule has 12 heteroatoms. The molecule has 2 aliphatic rings. The van der Waals surface area contributed by atoms with Crippen LogP contribution in [0.2, 0.25) is 0 Å². The number of rotatable bonds is 5. The Labute approximate surface area is 193 Å². The molecule has 2 amide bonds. The number of aromatic nitrogens is 4. The van der Waals surface area contributed by atoms with Crippen molar-refractivity contribution < 1.29 is 24.2 Å². The van der Waals surface area contributed by atoms with Crippen molar-refractivity contribution in [3.63, 3.8) is 0 Å². The molecule has 0 radical (unpaired) electrons. The van der Waals surface area contributed by atoms with Crippen LogP contribution in [0.5, 0.6) is 0 Å². The minimum Gasteiger partial charge on any atom is -0.345 e. The van der Waals surface area contributed by atoms with E-state index >= 15 is 0 Å². The second-order valence-electron chi connectivity index (χ2n) is 8.44. The van der Waals surface area contributed by atoms with E-state index in [1.165, 1.54) is 0 Å². The summed E-state index contributed by atoms with van der Waals surface area (Å²) < 4.78 is 38.2. The third kappa shape index (κ3) is 4.52. The first-order chi connectivity index (χ1) is 16.3. The van der Waals surface area contributed by atoms with Crippen LogP contribution in [0, 0.1) is 5.92 Å². The summed E-state index contributed by atoms with van der Waals surface area (Å²) in [4.78, 5) is 44.9. The van der Waals surface area contributed by atoms with Crippen LogP contribution in [0.15, 0.2) is 36.8 Å². The van der Waals surface area contributed by atoms with Gasteiger partial charge in [0.25, 0.3) is 0 Å². The van der Waals surface area contributed by atoms with E-state index in [0.29, 0.717) is 29.4 Å². The van der Waals surface area contributed by atoms with Gasteiger partial charge in [0.05, 0.1) is 6.54 Å². The average Bonchev–Trinajstić information content (AvgIpc) is 3.60. The summed E-state index contributed by atoms with van der Waals surface area (Å²) in [5.74, 6) is -0.117. The van der Waals surface area contributed by atoms with Gasteiger partial charge in [0, 0.05) is 50.0 Å². The standard InChI is InChI=1S/C22H22F3N7O2.H2/c23-22(24,25)12-29-20(33)16-11-31(21(34)13-3-4-13)8-9-32(16)17-5-7-27-19(30-17)15-10-28-18-14(15)2-1-6-26-18;/h1-2,5-7,10,13,16H,3-4,8-9,11-12H2,(H,26,28)(H,29,33);1H/t16-;/m1./s1. The minimum atomic E-state index is -4.54. The first-order valence-corrected chi connectivity index (χ1v) is 11.0. The van der Waals surface area contributed by atoms with Gasteiger partial charge in [0.1, 0.15) is 24.1 Å². The fraction of sp³-hybridized carbons (Fsp3) is 0.409. The van der Waals surface area contributed by atoms with E-state index in [1.54, 1.807) is 40.5 Å². The smallest absolute Gasteiger partial charge is 0.345 e. The van der Waals surface area contributed by atoms with Crippen LogP contribution in [0.25, 0.3) is 22.4 Å². The van der Waals surface area contributed by atoms with E-state index < -0.39 is 24.7 Å². The van der Waals surface area contributed by atoms with E-state index in [9.17, 15) is 22.8 Å². The van der Waals surface area contributed by atoms with Crippen LogP contribution in [-0.4, -0.2) is 75.0 Å². The monoisotopic (exact) mass is 475 g/mol. The number of pyridine rings is 1. The van der Waals surface area contributed by atoms with Gasteiger partial charge in [-0.1, -0.05) is 0 Å². The van der Waals surface area contributed by atoms with E-state index in [1.807, 2.05) is 11.4 Å². The number of carbonyl (C=O) groups excluding carboxylic acids is 2. The van der Waals surface area contributed by atoms with Crippen LogP contribution in [0.4, 0.5) is 19.0 Å². The zero-order valence-electron chi connectivity index (χ0n) is 18.0. The molecule has 3 aromatic heterocycles. The summed E-state index contributed by atoms with van der Waals surface area (Å²) in [5.41, 5.74) is 1.38. The molecule has 180 valence electrons. The number of halogens is 3. The molecule has 9 nitrogen and oxygen atoms in total. The van der Waals surface area contributed by atoms with Crippen LogP contribution < -0.4 is 10.2 Å². The number of hydrogen-bond donors (Lipinski definition) is 2. The van der Waals surface area contributed by atoms with Gasteiger partial charge in [-0.3, -0.25) is 9.59 Å². The maximum Gasteiger partial charge on any atom is 0.405 e. The number of H-pyrrole nitrogens is 1. The summed E-state index contributed by atoms with van der Waals surface area (Å²) in [6, 6.07) is 4.27. The highest BCUT2D eigenvalue weighted by atomic mass is 19.4. The Morgan fingerprint density at radius 1 is 1.18 bits per heavy atom. The second-order valence-corrected chi connectivity index (χ2v) is 8.44. The molecule has 0 bridgehead atoms. The number of nitrogens with one attached hydrogen (secondary N) is 2. The summed E-state index contributed by atoms with van der Waals surface area (Å²) in [7, 11) is 0. The summed E-state index contributed by atoms with van der Waals surface area (Å²) in [6.07, 6.45) is 2.00. The van der Waals surface area contributed by atoms with Crippen LogP contribution in [0.1, 0.15) is 14.3 Å². The molecule has 1 aliphatic heterocycles. The molecule has 3 aromatic rings. The predicted octanol–water partition coefficient (Wildman–Crippen LogP) is 2.37. The number of alkyl halides is 3. The normalized spacial score (nSPS) is 18.9. The van der Waals surface area contributed by atoms with Crippen LogP contribution in [0.3, 0.4) is 0 Å². The van der Waals surface area contributed by atoms with Crippen molar-refractivity contribution in [1.29, 1.82) is 0 Å². The van der Waals surface area contributed by atoms with E-state index in [0.717, 1.165) is 18.2 Å². The zero-order chi connectivity index (χ0) is 23.9. The van der Waals surface area contributed by atoms with Crippen LogP contribution >= 0.6 is 0 Å². The van der Waals surface area contributed by atoms with E-state index in [4.69, 9.17) is 0 Å². The minimum absolute atomic E-state index is 0. The molecule has 2 fully saturated rings. The predicted molar refractivity (Wildman–Crippen MR) is 119 cm³/mol. The number of hydrogen-bond acceptors (Lipinski definition) is 6. The Hall–Kier alpha value is -3.70. The molecular formula is C22H24F3N7O2. The number of anilines is 1. The summed E-state index contributed by atoms with van der Waals surface area (Å²) in [5, 5.41) is 2.78. The first kappa shape index (κ1) is 22.1. The Bertz CT molecular complexity index is 1230. The van der Waals surface area contributed by atoms with Crippen molar-refractivity contribution in [2.75, 3.05) is 31.1 Å². The number of amides is 2. The lowest BCUT2D eigenvalue weighted by molar-refractivity contribution is -0.141. The van der Waals surface area contributed by atoms with Gasteiger partial charge in [-0.05, 0) is 31.0 Å². The van der Waals surface area contributed by atoms with Crippen molar-refractivity contribution in [3.05, 3.63) is 36.8 Å². The van der Waals surface area contributed by atoms with Gasteiger partial charge in [0.15, 0.2) is 5.82 Å². The summed E-state index contributed by atoms with van der Waals surface area (Å²) in [6.45, 7) is -0.831. The lowest BCUT2D eigenvalue weighted by atomic mass is 10.1. The third-order valence-corrected chi connectivity index (χ3v) is 6.01. The van der Waals surface area contributed by atoms with Crippen molar-refractivity contribution in [2.45, 2.75) is 25.1 Å². The molecule has 4 heterocycles. The molecule has 5 rings (SSSR count). The SMILES string of the molecule is O=C(NCC(F)(F)F)[C@H]1CN(C(=O)C2CC2)CCN1c1ccnc(-c2c[nH]c3ncccc23)n1.[HH]. The number of nitrogens with zero attached hydrogens (tertiary/aromatic N) is 5. The van der Waals surface area contributed by atoms with Gasteiger partial charge in [-0.2, -0.15) is 13.2 Å². The molecule has 1 saturated carbocycles. The zero-order valence-corrected chi connectivity index (χ0v) is 18.0. The first-order valence-electron chi connectivity index (χ1n) is 11.0. The molecule has 2 N–H and O–H groups in total. The molecule has 1 saturated heterocycles. The van der Waals surface area contributed by atoms with Gasteiger partial charge >= 0.3 is 6.18 Å². The van der Waals surface area contributed by atoms with Gasteiger partial charge in [-0.15, -0.1) is 0 Å².